The number of aryl methyl sites for hydroxylation is 1. The summed E-state index contributed by atoms with van der Waals surface area (Å²) in [7, 11) is 0. The van der Waals surface area contributed by atoms with E-state index in [1.807, 2.05) is 6.20 Å². The van der Waals surface area contributed by atoms with Crippen molar-refractivity contribution in [1.29, 1.82) is 0 Å². The maximum Gasteiger partial charge on any atom is 0.204 e. The number of aromatic nitrogens is 2. The number of H-pyrrole nitrogens is 1. The minimum absolute atomic E-state index is 0.250. The number of anilines is 2. The molecule has 0 aliphatic heterocycles. The summed E-state index contributed by atoms with van der Waals surface area (Å²) in [5.41, 5.74) is 9.17. The lowest BCUT2D eigenvalue weighted by molar-refractivity contribution is -0.106. The number of nitrogens with one attached hydrogen (secondary N) is 2. The standard InChI is InChI=1S/C19H27N3.CH3NO/c1-2-3-7-15-10-12-17(13-11-15)21-18-14-20-22-19(18)16-8-5-4-6-9-16;2-1-3/h10-14,16,21H,2-9H2,1H3,(H,20,22);1H,(H2,2,3). The van der Waals surface area contributed by atoms with Gasteiger partial charge in [-0.05, 0) is 43.4 Å². The second-order valence-electron chi connectivity index (χ2n) is 6.59. The summed E-state index contributed by atoms with van der Waals surface area (Å²) in [6.45, 7) is 2.24. The summed E-state index contributed by atoms with van der Waals surface area (Å²) in [5, 5.41) is 11.0. The van der Waals surface area contributed by atoms with Crippen molar-refractivity contribution >= 4 is 17.8 Å². The van der Waals surface area contributed by atoms with Gasteiger partial charge < -0.3 is 11.1 Å². The number of unbranched alkanes of at least 4 members (excludes halogenated alkanes) is 1. The molecule has 1 aliphatic carbocycles. The normalized spacial score (nSPS) is 14.4. The highest BCUT2D eigenvalue weighted by molar-refractivity contribution is 5.62. The number of primary amides is 1. The zero-order valence-electron chi connectivity index (χ0n) is 15.1. The molecule has 1 heterocycles. The SMILES string of the molecule is CCCCc1ccc(Nc2cn[nH]c2C2CCCCC2)cc1.NC=O. The second-order valence-corrected chi connectivity index (χ2v) is 6.59. The van der Waals surface area contributed by atoms with Gasteiger partial charge in [-0.2, -0.15) is 5.10 Å². The van der Waals surface area contributed by atoms with E-state index in [9.17, 15) is 0 Å². The van der Waals surface area contributed by atoms with Gasteiger partial charge in [0, 0.05) is 11.6 Å². The highest BCUT2D eigenvalue weighted by Crippen LogP contribution is 2.35. The Balaban J connectivity index is 0.000000701. The van der Waals surface area contributed by atoms with Gasteiger partial charge in [0.1, 0.15) is 0 Å². The summed E-state index contributed by atoms with van der Waals surface area (Å²) < 4.78 is 0. The molecule has 0 atom stereocenters. The molecular weight excluding hydrogens is 312 g/mol. The Kier molecular flexibility index (Phi) is 8.02. The number of aromatic amines is 1. The Morgan fingerprint density at radius 3 is 2.56 bits per heavy atom. The minimum atomic E-state index is 0.250. The van der Waals surface area contributed by atoms with E-state index >= 15 is 0 Å². The molecule has 5 nitrogen and oxygen atoms in total. The van der Waals surface area contributed by atoms with Crippen LogP contribution in [0.3, 0.4) is 0 Å². The van der Waals surface area contributed by atoms with Gasteiger partial charge in [-0.3, -0.25) is 9.89 Å². The molecule has 5 heteroatoms. The summed E-state index contributed by atoms with van der Waals surface area (Å²) in [5.74, 6) is 0.641. The molecular formula is C20H30N4O. The van der Waals surface area contributed by atoms with Crippen molar-refractivity contribution in [1.82, 2.24) is 10.2 Å². The molecule has 1 aliphatic rings. The zero-order chi connectivity index (χ0) is 17.9. The van der Waals surface area contributed by atoms with E-state index in [1.165, 1.54) is 62.6 Å². The lowest BCUT2D eigenvalue weighted by Gasteiger charge is -2.21. The average molecular weight is 342 g/mol. The van der Waals surface area contributed by atoms with Gasteiger partial charge in [0.05, 0.1) is 17.6 Å². The first-order valence-electron chi connectivity index (χ1n) is 9.33. The summed E-state index contributed by atoms with van der Waals surface area (Å²) in [6, 6.07) is 8.84. The molecule has 0 saturated heterocycles. The van der Waals surface area contributed by atoms with Crippen LogP contribution in [0.2, 0.25) is 0 Å². The molecule has 2 aromatic rings. The number of benzene rings is 1. The highest BCUT2D eigenvalue weighted by atomic mass is 16.1. The molecule has 1 saturated carbocycles. The monoisotopic (exact) mass is 342 g/mol. The van der Waals surface area contributed by atoms with E-state index in [0.29, 0.717) is 5.92 Å². The number of hydrogen-bond acceptors (Lipinski definition) is 3. The van der Waals surface area contributed by atoms with Crippen LogP contribution >= 0.6 is 0 Å². The van der Waals surface area contributed by atoms with Crippen LogP contribution in [0, 0.1) is 0 Å². The van der Waals surface area contributed by atoms with E-state index in [1.54, 1.807) is 0 Å². The molecule has 25 heavy (non-hydrogen) atoms. The van der Waals surface area contributed by atoms with E-state index in [4.69, 9.17) is 4.79 Å². The second kappa shape index (κ2) is 10.5. The Labute approximate surface area is 150 Å². The number of nitrogens with two attached hydrogens (primary N) is 1. The number of rotatable bonds is 6. The number of nitrogens with zero attached hydrogens (tertiary/aromatic N) is 1. The highest BCUT2D eigenvalue weighted by Gasteiger charge is 2.20. The largest absolute Gasteiger partial charge is 0.372 e. The van der Waals surface area contributed by atoms with Crippen LogP contribution in [-0.4, -0.2) is 16.6 Å². The molecule has 3 rings (SSSR count). The van der Waals surface area contributed by atoms with Crippen LogP contribution in [0.1, 0.15) is 69.0 Å². The van der Waals surface area contributed by atoms with E-state index in [-0.39, 0.29) is 6.41 Å². The number of amides is 1. The lowest BCUT2D eigenvalue weighted by atomic mass is 9.86. The van der Waals surface area contributed by atoms with Crippen LogP contribution in [0.25, 0.3) is 0 Å². The minimum Gasteiger partial charge on any atom is -0.372 e. The quantitative estimate of drug-likeness (QED) is 0.668. The third-order valence-electron chi connectivity index (χ3n) is 4.73. The van der Waals surface area contributed by atoms with Crippen LogP contribution in [0.5, 0.6) is 0 Å². The Morgan fingerprint density at radius 1 is 1.24 bits per heavy atom. The molecule has 0 spiro atoms. The van der Waals surface area contributed by atoms with Crippen LogP contribution < -0.4 is 11.1 Å². The van der Waals surface area contributed by atoms with Crippen molar-refractivity contribution in [3.63, 3.8) is 0 Å². The summed E-state index contributed by atoms with van der Waals surface area (Å²) in [6.07, 6.45) is 12.5. The molecule has 0 radical (unpaired) electrons. The van der Waals surface area contributed by atoms with E-state index in [0.717, 1.165) is 11.4 Å². The van der Waals surface area contributed by atoms with Crippen molar-refractivity contribution in [2.45, 2.75) is 64.2 Å². The molecule has 136 valence electrons. The maximum absolute atomic E-state index is 8.58. The average Bonchev–Trinajstić information content (AvgIpc) is 3.11. The van der Waals surface area contributed by atoms with Gasteiger partial charge in [-0.25, -0.2) is 0 Å². The van der Waals surface area contributed by atoms with Gasteiger partial charge in [-0.1, -0.05) is 44.7 Å². The number of carbonyl (C=O) groups excluding carboxylic acids is 1. The Bertz CT molecular complexity index is 615. The van der Waals surface area contributed by atoms with Gasteiger partial charge in [0.2, 0.25) is 6.41 Å². The van der Waals surface area contributed by atoms with Gasteiger partial charge >= 0.3 is 0 Å². The first-order valence-corrected chi connectivity index (χ1v) is 9.33. The topological polar surface area (TPSA) is 83.8 Å². The fourth-order valence-electron chi connectivity index (χ4n) is 3.39. The predicted molar refractivity (Wildman–Crippen MR) is 103 cm³/mol. The number of carbonyl (C=O) groups is 1. The third-order valence-corrected chi connectivity index (χ3v) is 4.73. The van der Waals surface area contributed by atoms with Crippen molar-refractivity contribution in [3.8, 4) is 0 Å². The van der Waals surface area contributed by atoms with Crippen LogP contribution in [0.4, 0.5) is 11.4 Å². The Hall–Kier alpha value is -2.30. The zero-order valence-corrected chi connectivity index (χ0v) is 15.1. The molecule has 0 unspecified atom stereocenters. The lowest BCUT2D eigenvalue weighted by Crippen LogP contribution is -2.07. The molecule has 1 fully saturated rings. The van der Waals surface area contributed by atoms with E-state index in [2.05, 4.69) is 52.4 Å². The maximum atomic E-state index is 8.58. The smallest absolute Gasteiger partial charge is 0.204 e. The third kappa shape index (κ3) is 5.93. The van der Waals surface area contributed by atoms with Crippen LogP contribution in [-0.2, 0) is 11.2 Å². The fraction of sp³-hybridized carbons (Fsp3) is 0.500. The molecule has 0 bridgehead atoms. The first kappa shape index (κ1) is 19.0. The summed E-state index contributed by atoms with van der Waals surface area (Å²) >= 11 is 0. The molecule has 1 aromatic carbocycles. The first-order chi connectivity index (χ1) is 12.3. The molecule has 1 amide bonds. The van der Waals surface area contributed by atoms with Gasteiger partial charge in [0.25, 0.3) is 0 Å². The predicted octanol–water partition coefficient (Wildman–Crippen LogP) is 4.65. The van der Waals surface area contributed by atoms with Crippen molar-refractivity contribution in [3.05, 3.63) is 41.7 Å². The van der Waals surface area contributed by atoms with Crippen LogP contribution in [0.15, 0.2) is 30.5 Å². The molecule has 4 N–H and O–H groups in total. The molecule has 1 aromatic heterocycles. The fourth-order valence-corrected chi connectivity index (χ4v) is 3.39. The number of hydrogen-bond donors (Lipinski definition) is 3. The van der Waals surface area contributed by atoms with Gasteiger partial charge in [0.15, 0.2) is 0 Å². The van der Waals surface area contributed by atoms with Crippen molar-refractivity contribution in [2.24, 2.45) is 5.73 Å². The van der Waals surface area contributed by atoms with Crippen molar-refractivity contribution in [2.75, 3.05) is 5.32 Å². The van der Waals surface area contributed by atoms with Gasteiger partial charge in [-0.15, -0.1) is 0 Å². The van der Waals surface area contributed by atoms with Crippen molar-refractivity contribution < 1.29 is 4.79 Å². The summed E-state index contributed by atoms with van der Waals surface area (Å²) in [4.78, 5) is 8.58. The Morgan fingerprint density at radius 2 is 1.92 bits per heavy atom. The van der Waals surface area contributed by atoms with E-state index < -0.39 is 0 Å².